The molecule has 15 heavy (non-hydrogen) atoms. The summed E-state index contributed by atoms with van der Waals surface area (Å²) in [6, 6.07) is 6.26. The molecule has 0 saturated carbocycles. The van der Waals surface area contributed by atoms with Gasteiger partial charge in [-0.3, -0.25) is 11.3 Å². The maximum Gasteiger partial charge on any atom is 0.0474 e. The van der Waals surface area contributed by atoms with Gasteiger partial charge in [0.1, 0.15) is 0 Å². The number of halogens is 1. The molecule has 0 aliphatic carbocycles. The first-order chi connectivity index (χ1) is 7.19. The Morgan fingerprint density at radius 2 is 2.20 bits per heavy atom. The van der Waals surface area contributed by atoms with Crippen LogP contribution in [0, 0.1) is 6.92 Å². The molecule has 0 heterocycles. The highest BCUT2D eigenvalue weighted by molar-refractivity contribution is 6.31. The number of hydrogen-bond acceptors (Lipinski definition) is 2. The van der Waals surface area contributed by atoms with E-state index in [0.29, 0.717) is 0 Å². The summed E-state index contributed by atoms with van der Waals surface area (Å²) >= 11 is 6.19. The average Bonchev–Trinajstić information content (AvgIpc) is 2.21. The Hall–Kier alpha value is -0.570. The Balaban J connectivity index is 2.81. The lowest BCUT2D eigenvalue weighted by molar-refractivity contribution is 0.495. The van der Waals surface area contributed by atoms with E-state index < -0.39 is 0 Å². The fourth-order valence-corrected chi connectivity index (χ4v) is 2.02. The van der Waals surface area contributed by atoms with Crippen molar-refractivity contribution in [1.82, 2.24) is 5.43 Å². The van der Waals surface area contributed by atoms with Crippen molar-refractivity contribution in [3.63, 3.8) is 0 Å². The van der Waals surface area contributed by atoms with E-state index in [0.717, 1.165) is 23.4 Å². The van der Waals surface area contributed by atoms with E-state index in [2.05, 4.69) is 24.5 Å². The first kappa shape index (κ1) is 12.5. The minimum atomic E-state index is 0.165. The fourth-order valence-electron chi connectivity index (χ4n) is 1.65. The van der Waals surface area contributed by atoms with Crippen molar-refractivity contribution in [3.05, 3.63) is 34.3 Å². The largest absolute Gasteiger partial charge is 0.271 e. The molecule has 1 rings (SSSR count). The van der Waals surface area contributed by atoms with Crippen LogP contribution < -0.4 is 11.3 Å². The normalized spacial score (nSPS) is 12.8. The number of unbranched alkanes of at least 4 members (excludes halogenated alkanes) is 1. The molecule has 1 unspecified atom stereocenters. The van der Waals surface area contributed by atoms with Crippen molar-refractivity contribution in [2.75, 3.05) is 0 Å². The zero-order chi connectivity index (χ0) is 11.3. The number of benzene rings is 1. The molecule has 0 aliphatic rings. The number of rotatable bonds is 5. The number of hydrogen-bond donors (Lipinski definition) is 2. The molecule has 1 aromatic carbocycles. The quantitative estimate of drug-likeness (QED) is 0.597. The van der Waals surface area contributed by atoms with E-state index in [-0.39, 0.29) is 6.04 Å². The molecule has 3 heteroatoms. The van der Waals surface area contributed by atoms with Crippen LogP contribution in [0.1, 0.15) is 43.4 Å². The monoisotopic (exact) mass is 226 g/mol. The van der Waals surface area contributed by atoms with Gasteiger partial charge in [-0.25, -0.2) is 0 Å². The van der Waals surface area contributed by atoms with Gasteiger partial charge in [-0.2, -0.15) is 0 Å². The maximum absolute atomic E-state index is 6.19. The molecule has 2 nitrogen and oxygen atoms in total. The van der Waals surface area contributed by atoms with Crippen LogP contribution in [0.25, 0.3) is 0 Å². The third-order valence-electron chi connectivity index (χ3n) is 2.58. The van der Waals surface area contributed by atoms with Crippen LogP contribution in [-0.2, 0) is 0 Å². The molecule has 0 bridgehead atoms. The SMILES string of the molecule is CCCCC(NN)c1ccc(C)cc1Cl. The van der Waals surface area contributed by atoms with Crippen molar-refractivity contribution < 1.29 is 0 Å². The summed E-state index contributed by atoms with van der Waals surface area (Å²) in [5, 5.41) is 0.800. The lowest BCUT2D eigenvalue weighted by Gasteiger charge is -2.17. The van der Waals surface area contributed by atoms with Crippen LogP contribution in [0.2, 0.25) is 5.02 Å². The minimum Gasteiger partial charge on any atom is -0.271 e. The zero-order valence-corrected chi connectivity index (χ0v) is 10.1. The minimum absolute atomic E-state index is 0.165. The summed E-state index contributed by atoms with van der Waals surface area (Å²) in [6.45, 7) is 4.21. The third kappa shape index (κ3) is 3.49. The Labute approximate surface area is 96.8 Å². The van der Waals surface area contributed by atoms with Crippen molar-refractivity contribution in [3.8, 4) is 0 Å². The molecule has 1 atom stereocenters. The topological polar surface area (TPSA) is 38.0 Å². The van der Waals surface area contributed by atoms with E-state index in [1.54, 1.807) is 0 Å². The Kier molecular flexibility index (Phi) is 5.09. The second-order valence-corrected chi connectivity index (χ2v) is 4.29. The van der Waals surface area contributed by atoms with Crippen molar-refractivity contribution in [2.24, 2.45) is 5.84 Å². The third-order valence-corrected chi connectivity index (χ3v) is 2.91. The molecule has 84 valence electrons. The van der Waals surface area contributed by atoms with E-state index in [4.69, 9.17) is 17.4 Å². The molecule has 0 amide bonds. The van der Waals surface area contributed by atoms with Crippen molar-refractivity contribution in [2.45, 2.75) is 39.2 Å². The smallest absolute Gasteiger partial charge is 0.0474 e. The highest BCUT2D eigenvalue weighted by Gasteiger charge is 2.12. The van der Waals surface area contributed by atoms with Gasteiger partial charge in [0.15, 0.2) is 0 Å². The van der Waals surface area contributed by atoms with E-state index in [1.807, 2.05) is 13.0 Å². The van der Waals surface area contributed by atoms with Crippen molar-refractivity contribution >= 4 is 11.6 Å². The van der Waals surface area contributed by atoms with Gasteiger partial charge in [0.2, 0.25) is 0 Å². The maximum atomic E-state index is 6.19. The van der Waals surface area contributed by atoms with Crippen LogP contribution >= 0.6 is 11.6 Å². The van der Waals surface area contributed by atoms with Gasteiger partial charge in [0, 0.05) is 11.1 Å². The summed E-state index contributed by atoms with van der Waals surface area (Å²) in [5.41, 5.74) is 5.10. The lowest BCUT2D eigenvalue weighted by atomic mass is 10.0. The van der Waals surface area contributed by atoms with Crippen LogP contribution in [-0.4, -0.2) is 0 Å². The molecule has 1 aromatic rings. The van der Waals surface area contributed by atoms with Gasteiger partial charge in [-0.05, 0) is 30.5 Å². The second-order valence-electron chi connectivity index (χ2n) is 3.89. The van der Waals surface area contributed by atoms with E-state index in [1.165, 1.54) is 12.0 Å². The lowest BCUT2D eigenvalue weighted by Crippen LogP contribution is -2.28. The average molecular weight is 227 g/mol. The second kappa shape index (κ2) is 6.11. The van der Waals surface area contributed by atoms with Gasteiger partial charge in [-0.15, -0.1) is 0 Å². The highest BCUT2D eigenvalue weighted by Crippen LogP contribution is 2.26. The Morgan fingerprint density at radius 3 is 2.73 bits per heavy atom. The molecule has 0 spiro atoms. The number of aryl methyl sites for hydroxylation is 1. The molecular formula is C12H19ClN2. The van der Waals surface area contributed by atoms with Crippen LogP contribution in [0.3, 0.4) is 0 Å². The van der Waals surface area contributed by atoms with E-state index in [9.17, 15) is 0 Å². The predicted molar refractivity (Wildman–Crippen MR) is 65.8 cm³/mol. The molecule has 0 fully saturated rings. The van der Waals surface area contributed by atoms with Gasteiger partial charge in [-0.1, -0.05) is 43.5 Å². The number of hydrazine groups is 1. The van der Waals surface area contributed by atoms with Crippen molar-refractivity contribution in [1.29, 1.82) is 0 Å². The summed E-state index contributed by atoms with van der Waals surface area (Å²) < 4.78 is 0. The first-order valence-corrected chi connectivity index (χ1v) is 5.79. The molecule has 0 radical (unpaired) electrons. The Bertz CT molecular complexity index is 312. The summed E-state index contributed by atoms with van der Waals surface area (Å²) in [6.07, 6.45) is 3.34. The van der Waals surface area contributed by atoms with E-state index >= 15 is 0 Å². The number of nitrogens with two attached hydrogens (primary N) is 1. The van der Waals surface area contributed by atoms with Gasteiger partial charge in [0.25, 0.3) is 0 Å². The molecular weight excluding hydrogens is 208 g/mol. The molecule has 0 aliphatic heterocycles. The van der Waals surface area contributed by atoms with Crippen LogP contribution in [0.4, 0.5) is 0 Å². The molecule has 3 N–H and O–H groups in total. The van der Waals surface area contributed by atoms with Gasteiger partial charge in [0.05, 0.1) is 0 Å². The predicted octanol–water partition coefficient (Wildman–Crippen LogP) is 3.34. The summed E-state index contributed by atoms with van der Waals surface area (Å²) in [4.78, 5) is 0. The van der Waals surface area contributed by atoms with Gasteiger partial charge >= 0.3 is 0 Å². The molecule has 0 saturated heterocycles. The van der Waals surface area contributed by atoms with Crippen LogP contribution in [0.15, 0.2) is 18.2 Å². The van der Waals surface area contributed by atoms with Crippen LogP contribution in [0.5, 0.6) is 0 Å². The van der Waals surface area contributed by atoms with Gasteiger partial charge < -0.3 is 0 Å². The highest BCUT2D eigenvalue weighted by atomic mass is 35.5. The standard InChI is InChI=1S/C12H19ClN2/c1-3-4-5-12(15-14)10-7-6-9(2)8-11(10)13/h6-8,12,15H,3-5,14H2,1-2H3. The summed E-state index contributed by atoms with van der Waals surface area (Å²) in [5.74, 6) is 5.54. The summed E-state index contributed by atoms with van der Waals surface area (Å²) in [7, 11) is 0. The zero-order valence-electron chi connectivity index (χ0n) is 9.39. The first-order valence-electron chi connectivity index (χ1n) is 5.41. The fraction of sp³-hybridized carbons (Fsp3) is 0.500. The molecule has 0 aromatic heterocycles. The Morgan fingerprint density at radius 1 is 1.47 bits per heavy atom. The number of nitrogens with one attached hydrogen (secondary N) is 1.